The number of rotatable bonds is 10. The summed E-state index contributed by atoms with van der Waals surface area (Å²) < 4.78 is 5.60. The average molecular weight is 284 g/mol. The van der Waals surface area contributed by atoms with E-state index < -0.39 is 0 Å². The van der Waals surface area contributed by atoms with Crippen LogP contribution < -0.4 is 10.1 Å². The minimum Gasteiger partial charge on any atom is -0.494 e. The van der Waals surface area contributed by atoms with Gasteiger partial charge in [-0.1, -0.05) is 44.2 Å². The van der Waals surface area contributed by atoms with Crippen molar-refractivity contribution in [2.24, 2.45) is 0 Å². The first-order chi connectivity index (χ1) is 9.27. The van der Waals surface area contributed by atoms with E-state index in [9.17, 15) is 0 Å². The summed E-state index contributed by atoms with van der Waals surface area (Å²) in [6.45, 7) is 6.81. The van der Waals surface area contributed by atoms with Gasteiger partial charge in [-0.3, -0.25) is 0 Å². The maximum absolute atomic E-state index is 6.03. The molecule has 2 nitrogen and oxygen atoms in total. The van der Waals surface area contributed by atoms with E-state index in [1.165, 1.54) is 32.1 Å². The third kappa shape index (κ3) is 6.84. The molecule has 1 rings (SSSR count). The first-order valence-corrected chi connectivity index (χ1v) is 7.77. The molecule has 0 saturated heterocycles. The van der Waals surface area contributed by atoms with Crippen molar-refractivity contribution in [3.05, 3.63) is 28.8 Å². The Bertz CT molecular complexity index is 355. The normalized spacial score (nSPS) is 10.7. The van der Waals surface area contributed by atoms with Crippen molar-refractivity contribution in [2.45, 2.75) is 52.5 Å². The summed E-state index contributed by atoms with van der Waals surface area (Å²) in [5, 5.41) is 4.23. The lowest BCUT2D eigenvalue weighted by Crippen LogP contribution is -2.15. The van der Waals surface area contributed by atoms with Crippen LogP contribution in [0.5, 0.6) is 5.75 Å². The summed E-state index contributed by atoms with van der Waals surface area (Å²) in [7, 11) is 0. The highest BCUT2D eigenvalue weighted by Gasteiger charge is 2.03. The standard InChI is InChI=1S/C16H26ClNO/c1-3-5-6-7-8-11-18-13-14-12-15(17)9-10-16(14)19-4-2/h9-10,12,18H,3-8,11,13H2,1-2H3. The van der Waals surface area contributed by atoms with Gasteiger partial charge in [0.1, 0.15) is 5.75 Å². The molecule has 0 unspecified atom stereocenters. The van der Waals surface area contributed by atoms with Crippen molar-refractivity contribution in [1.29, 1.82) is 0 Å². The minimum absolute atomic E-state index is 0.686. The maximum atomic E-state index is 6.03. The largest absolute Gasteiger partial charge is 0.494 e. The Morgan fingerprint density at radius 1 is 1.11 bits per heavy atom. The van der Waals surface area contributed by atoms with Gasteiger partial charge in [0.05, 0.1) is 6.61 Å². The van der Waals surface area contributed by atoms with Crippen molar-refractivity contribution < 1.29 is 4.74 Å². The second-order valence-electron chi connectivity index (χ2n) is 4.78. The van der Waals surface area contributed by atoms with Crippen LogP contribution in [-0.4, -0.2) is 13.2 Å². The molecule has 0 radical (unpaired) electrons. The van der Waals surface area contributed by atoms with E-state index in [1.54, 1.807) is 0 Å². The lowest BCUT2D eigenvalue weighted by Gasteiger charge is -2.11. The van der Waals surface area contributed by atoms with Crippen LogP contribution in [0.15, 0.2) is 18.2 Å². The molecule has 3 heteroatoms. The number of nitrogens with one attached hydrogen (secondary N) is 1. The molecule has 1 N–H and O–H groups in total. The van der Waals surface area contributed by atoms with E-state index in [4.69, 9.17) is 16.3 Å². The molecule has 0 aliphatic carbocycles. The van der Waals surface area contributed by atoms with Crippen molar-refractivity contribution in [3.8, 4) is 5.75 Å². The smallest absolute Gasteiger partial charge is 0.123 e. The third-order valence-corrected chi connectivity index (χ3v) is 3.33. The molecule has 108 valence electrons. The van der Waals surface area contributed by atoms with Crippen LogP contribution in [0.3, 0.4) is 0 Å². The van der Waals surface area contributed by atoms with Gasteiger partial charge in [0.25, 0.3) is 0 Å². The predicted molar refractivity (Wildman–Crippen MR) is 83.1 cm³/mol. The molecule has 0 aliphatic rings. The monoisotopic (exact) mass is 283 g/mol. The number of unbranched alkanes of at least 4 members (excludes halogenated alkanes) is 4. The van der Waals surface area contributed by atoms with E-state index in [0.29, 0.717) is 6.61 Å². The van der Waals surface area contributed by atoms with Gasteiger partial charge >= 0.3 is 0 Å². The van der Waals surface area contributed by atoms with Gasteiger partial charge in [-0.15, -0.1) is 0 Å². The number of hydrogen-bond donors (Lipinski definition) is 1. The molecule has 1 aromatic carbocycles. The molecule has 0 fully saturated rings. The quantitative estimate of drug-likeness (QED) is 0.623. The van der Waals surface area contributed by atoms with E-state index in [1.807, 2.05) is 25.1 Å². The fourth-order valence-electron chi connectivity index (χ4n) is 2.06. The molecule has 0 aliphatic heterocycles. The van der Waals surface area contributed by atoms with E-state index >= 15 is 0 Å². The summed E-state index contributed by atoms with van der Waals surface area (Å²) in [4.78, 5) is 0. The van der Waals surface area contributed by atoms with Crippen LogP contribution >= 0.6 is 11.6 Å². The highest BCUT2D eigenvalue weighted by molar-refractivity contribution is 6.30. The first kappa shape index (κ1) is 16.3. The summed E-state index contributed by atoms with van der Waals surface area (Å²) in [6, 6.07) is 5.81. The van der Waals surface area contributed by atoms with E-state index in [2.05, 4.69) is 12.2 Å². The molecule has 0 saturated carbocycles. The lowest BCUT2D eigenvalue weighted by atomic mass is 10.1. The molecule has 1 aromatic rings. The second-order valence-corrected chi connectivity index (χ2v) is 5.21. The third-order valence-electron chi connectivity index (χ3n) is 3.09. The van der Waals surface area contributed by atoms with Crippen LogP contribution in [0.25, 0.3) is 0 Å². The molecule has 0 spiro atoms. The fraction of sp³-hybridized carbons (Fsp3) is 0.625. The van der Waals surface area contributed by atoms with Gasteiger partial charge in [-0.25, -0.2) is 0 Å². The summed E-state index contributed by atoms with van der Waals surface area (Å²) in [5.74, 6) is 0.936. The summed E-state index contributed by atoms with van der Waals surface area (Å²) >= 11 is 6.03. The first-order valence-electron chi connectivity index (χ1n) is 7.39. The second kappa shape index (κ2) is 10.1. The predicted octanol–water partition coefficient (Wildman–Crippen LogP) is 4.80. The average Bonchev–Trinajstić information content (AvgIpc) is 2.41. The maximum Gasteiger partial charge on any atom is 0.123 e. The topological polar surface area (TPSA) is 21.3 Å². The van der Waals surface area contributed by atoms with Crippen LogP contribution in [-0.2, 0) is 6.54 Å². The van der Waals surface area contributed by atoms with Gasteiger partial charge in [-0.2, -0.15) is 0 Å². The van der Waals surface area contributed by atoms with Crippen LogP contribution in [0.4, 0.5) is 0 Å². The Balaban J connectivity index is 2.29. The van der Waals surface area contributed by atoms with Crippen molar-refractivity contribution >= 4 is 11.6 Å². The van der Waals surface area contributed by atoms with Crippen LogP contribution in [0.2, 0.25) is 5.02 Å². The molecule has 0 bridgehead atoms. The molecule has 0 heterocycles. The minimum atomic E-state index is 0.686. The van der Waals surface area contributed by atoms with Gasteiger partial charge in [0.2, 0.25) is 0 Å². The highest BCUT2D eigenvalue weighted by Crippen LogP contribution is 2.22. The molecule has 19 heavy (non-hydrogen) atoms. The Morgan fingerprint density at radius 2 is 1.89 bits per heavy atom. The zero-order valence-corrected chi connectivity index (χ0v) is 12.9. The van der Waals surface area contributed by atoms with Gasteiger partial charge in [0.15, 0.2) is 0 Å². The lowest BCUT2D eigenvalue weighted by molar-refractivity contribution is 0.335. The van der Waals surface area contributed by atoms with Gasteiger partial charge in [-0.05, 0) is 38.1 Å². The summed E-state index contributed by atoms with van der Waals surface area (Å²) in [6.07, 6.45) is 6.55. The number of hydrogen-bond acceptors (Lipinski definition) is 2. The van der Waals surface area contributed by atoms with Gasteiger partial charge < -0.3 is 10.1 Å². The summed E-state index contributed by atoms with van der Waals surface area (Å²) in [5.41, 5.74) is 1.14. The number of benzene rings is 1. The van der Waals surface area contributed by atoms with Crippen molar-refractivity contribution in [1.82, 2.24) is 5.32 Å². The zero-order chi connectivity index (χ0) is 13.9. The Kier molecular flexibility index (Phi) is 8.68. The fourth-order valence-corrected chi connectivity index (χ4v) is 2.25. The molecule has 0 amide bonds. The Labute approximate surface area is 122 Å². The van der Waals surface area contributed by atoms with E-state index in [-0.39, 0.29) is 0 Å². The zero-order valence-electron chi connectivity index (χ0n) is 12.2. The van der Waals surface area contributed by atoms with Gasteiger partial charge in [0, 0.05) is 17.1 Å². The van der Waals surface area contributed by atoms with Crippen LogP contribution in [0.1, 0.15) is 51.5 Å². The Hall–Kier alpha value is -0.730. The van der Waals surface area contributed by atoms with Crippen molar-refractivity contribution in [2.75, 3.05) is 13.2 Å². The SMILES string of the molecule is CCCCCCCNCc1cc(Cl)ccc1OCC. The number of halogens is 1. The molecule has 0 aromatic heterocycles. The molecule has 0 atom stereocenters. The van der Waals surface area contributed by atoms with Crippen molar-refractivity contribution in [3.63, 3.8) is 0 Å². The van der Waals surface area contributed by atoms with E-state index in [0.717, 1.165) is 29.4 Å². The molecular weight excluding hydrogens is 258 g/mol. The molecular formula is C16H26ClNO. The van der Waals surface area contributed by atoms with Crippen LogP contribution in [0, 0.1) is 0 Å². The number of ether oxygens (including phenoxy) is 1. The Morgan fingerprint density at radius 3 is 2.63 bits per heavy atom. The highest BCUT2D eigenvalue weighted by atomic mass is 35.5.